The standard InChI is InChI=1S/C58H113NO5/c1-3-5-7-9-11-13-14-15-16-26-29-32-36-40-44-48-52-58(63)64-53-49-45-41-37-33-30-27-24-22-20-18-17-19-21-23-25-28-31-35-39-43-47-51-57(62)59-55(54-60)56(61)50-46-42-38-34-12-10-8-6-4-2/h19,21,55-56,60-61H,3-18,20,22-54H2,1-2H3,(H,59,62)/b21-19-. The van der Waals surface area contributed by atoms with Gasteiger partial charge in [-0.1, -0.05) is 270 Å². The molecule has 6 heteroatoms. The highest BCUT2D eigenvalue weighted by Crippen LogP contribution is 2.17. The number of rotatable bonds is 54. The lowest BCUT2D eigenvalue weighted by atomic mass is 10.0. The molecule has 0 rings (SSSR count). The van der Waals surface area contributed by atoms with Gasteiger partial charge in [0, 0.05) is 12.8 Å². The molecule has 0 bridgehead atoms. The molecule has 0 heterocycles. The minimum absolute atomic E-state index is 0.0136. The van der Waals surface area contributed by atoms with Crippen LogP contribution in [0.2, 0.25) is 0 Å². The van der Waals surface area contributed by atoms with E-state index in [0.29, 0.717) is 25.9 Å². The number of nitrogens with one attached hydrogen (secondary N) is 1. The summed E-state index contributed by atoms with van der Waals surface area (Å²) in [5.41, 5.74) is 0. The summed E-state index contributed by atoms with van der Waals surface area (Å²) in [6, 6.07) is -0.543. The maximum absolute atomic E-state index is 12.4. The van der Waals surface area contributed by atoms with Gasteiger partial charge in [-0.25, -0.2) is 0 Å². The van der Waals surface area contributed by atoms with Gasteiger partial charge < -0.3 is 20.3 Å². The second kappa shape index (κ2) is 54.2. The van der Waals surface area contributed by atoms with E-state index in [1.165, 1.54) is 250 Å². The average Bonchev–Trinajstić information content (AvgIpc) is 3.29. The number of ether oxygens (including phenoxy) is 1. The van der Waals surface area contributed by atoms with E-state index in [0.717, 1.165) is 38.5 Å². The zero-order valence-electron chi connectivity index (χ0n) is 43.3. The maximum atomic E-state index is 12.4. The first-order chi connectivity index (χ1) is 31.5. The van der Waals surface area contributed by atoms with Crippen LogP contribution in [0.4, 0.5) is 0 Å². The third-order valence-electron chi connectivity index (χ3n) is 13.6. The van der Waals surface area contributed by atoms with Gasteiger partial charge in [-0.2, -0.15) is 0 Å². The fourth-order valence-corrected chi connectivity index (χ4v) is 9.11. The molecule has 0 saturated heterocycles. The summed E-state index contributed by atoms with van der Waals surface area (Å²) < 4.78 is 5.49. The van der Waals surface area contributed by atoms with Crippen molar-refractivity contribution in [2.75, 3.05) is 13.2 Å². The van der Waals surface area contributed by atoms with Crippen LogP contribution in [0.25, 0.3) is 0 Å². The first kappa shape index (κ1) is 62.6. The maximum Gasteiger partial charge on any atom is 0.305 e. The minimum atomic E-state index is -0.665. The molecular formula is C58H113NO5. The predicted octanol–water partition coefficient (Wildman–Crippen LogP) is 17.7. The lowest BCUT2D eigenvalue weighted by Gasteiger charge is -2.22. The molecule has 0 saturated carbocycles. The molecule has 380 valence electrons. The molecule has 3 N–H and O–H groups in total. The molecule has 0 aliphatic heterocycles. The van der Waals surface area contributed by atoms with Gasteiger partial charge >= 0.3 is 5.97 Å². The Bertz CT molecular complexity index is 955. The Hall–Kier alpha value is -1.40. The Labute approximate surface area is 399 Å². The molecule has 0 aromatic carbocycles. The fraction of sp³-hybridized carbons (Fsp3) is 0.931. The van der Waals surface area contributed by atoms with Crippen LogP contribution in [0.1, 0.15) is 322 Å². The van der Waals surface area contributed by atoms with Gasteiger partial charge in [0.05, 0.1) is 25.4 Å². The second-order valence-corrected chi connectivity index (χ2v) is 20.0. The third kappa shape index (κ3) is 50.0. The van der Waals surface area contributed by atoms with Crippen molar-refractivity contribution in [1.29, 1.82) is 0 Å². The van der Waals surface area contributed by atoms with Crippen molar-refractivity contribution in [2.45, 2.75) is 334 Å². The number of esters is 1. The number of aliphatic hydroxyl groups is 2. The van der Waals surface area contributed by atoms with E-state index in [1.807, 2.05) is 0 Å². The molecule has 0 spiro atoms. The Balaban J connectivity index is 3.36. The van der Waals surface area contributed by atoms with Gasteiger partial charge in [-0.3, -0.25) is 9.59 Å². The molecule has 1 amide bonds. The summed E-state index contributed by atoms with van der Waals surface area (Å²) in [4.78, 5) is 24.5. The van der Waals surface area contributed by atoms with Crippen LogP contribution in [-0.2, 0) is 14.3 Å². The van der Waals surface area contributed by atoms with Crippen LogP contribution in [0.15, 0.2) is 12.2 Å². The van der Waals surface area contributed by atoms with Crippen LogP contribution in [0.3, 0.4) is 0 Å². The number of unbranched alkanes of at least 4 members (excludes halogenated alkanes) is 41. The number of aliphatic hydroxyl groups excluding tert-OH is 2. The molecule has 0 radical (unpaired) electrons. The number of amides is 1. The van der Waals surface area contributed by atoms with E-state index in [9.17, 15) is 19.8 Å². The van der Waals surface area contributed by atoms with Crippen LogP contribution in [-0.4, -0.2) is 47.4 Å². The molecule has 0 aliphatic rings. The molecule has 2 atom stereocenters. The Morgan fingerprint density at radius 1 is 0.422 bits per heavy atom. The molecule has 0 aliphatic carbocycles. The topological polar surface area (TPSA) is 95.9 Å². The normalized spacial score (nSPS) is 12.6. The lowest BCUT2D eigenvalue weighted by Crippen LogP contribution is -2.45. The minimum Gasteiger partial charge on any atom is -0.466 e. The number of carbonyl (C=O) groups is 2. The molecule has 2 unspecified atom stereocenters. The summed E-state index contributed by atoms with van der Waals surface area (Å²) in [6.45, 7) is 4.94. The number of carbonyl (C=O) groups excluding carboxylic acids is 2. The monoisotopic (exact) mass is 904 g/mol. The number of allylic oxidation sites excluding steroid dienone is 2. The Morgan fingerprint density at radius 2 is 0.734 bits per heavy atom. The first-order valence-electron chi connectivity index (χ1n) is 28.9. The summed E-state index contributed by atoms with van der Waals surface area (Å²) in [7, 11) is 0. The smallest absolute Gasteiger partial charge is 0.305 e. The zero-order valence-corrected chi connectivity index (χ0v) is 43.3. The summed E-state index contributed by atoms with van der Waals surface area (Å²) >= 11 is 0. The van der Waals surface area contributed by atoms with Crippen LogP contribution in [0.5, 0.6) is 0 Å². The molecule has 0 fully saturated rings. The van der Waals surface area contributed by atoms with Crippen molar-refractivity contribution in [1.82, 2.24) is 5.32 Å². The van der Waals surface area contributed by atoms with Gasteiger partial charge in [0.1, 0.15) is 0 Å². The van der Waals surface area contributed by atoms with Gasteiger partial charge in [-0.05, 0) is 51.4 Å². The SMILES string of the molecule is CCCCCCCCCCCCCCCCCCC(=O)OCCCCCCCCCCCCC/C=C\CCCCCCCCCC(=O)NC(CO)C(O)CCCCCCCCCCC. The Morgan fingerprint density at radius 3 is 1.11 bits per heavy atom. The highest BCUT2D eigenvalue weighted by atomic mass is 16.5. The molecule has 0 aromatic heterocycles. The van der Waals surface area contributed by atoms with Gasteiger partial charge in [0.2, 0.25) is 5.91 Å². The van der Waals surface area contributed by atoms with E-state index < -0.39 is 12.1 Å². The Kier molecular flexibility index (Phi) is 53.0. The molecule has 6 nitrogen and oxygen atoms in total. The predicted molar refractivity (Wildman–Crippen MR) is 278 cm³/mol. The quantitative estimate of drug-likeness (QED) is 0.0321. The number of hydrogen-bond donors (Lipinski definition) is 3. The molecular weight excluding hydrogens is 791 g/mol. The van der Waals surface area contributed by atoms with Gasteiger partial charge in [-0.15, -0.1) is 0 Å². The van der Waals surface area contributed by atoms with Gasteiger partial charge in [0.15, 0.2) is 0 Å². The molecule has 0 aromatic rings. The second-order valence-electron chi connectivity index (χ2n) is 20.0. The van der Waals surface area contributed by atoms with Crippen LogP contribution >= 0.6 is 0 Å². The fourth-order valence-electron chi connectivity index (χ4n) is 9.11. The van der Waals surface area contributed by atoms with Crippen molar-refractivity contribution >= 4 is 11.9 Å². The number of hydrogen-bond acceptors (Lipinski definition) is 5. The van der Waals surface area contributed by atoms with E-state index in [2.05, 4.69) is 31.3 Å². The third-order valence-corrected chi connectivity index (χ3v) is 13.6. The highest BCUT2D eigenvalue weighted by Gasteiger charge is 2.20. The first-order valence-corrected chi connectivity index (χ1v) is 28.9. The summed E-state index contributed by atoms with van der Waals surface area (Å²) in [5, 5.41) is 23.1. The average molecular weight is 905 g/mol. The van der Waals surface area contributed by atoms with E-state index >= 15 is 0 Å². The lowest BCUT2D eigenvalue weighted by molar-refractivity contribution is -0.143. The summed E-state index contributed by atoms with van der Waals surface area (Å²) in [5.74, 6) is -0.0299. The van der Waals surface area contributed by atoms with Crippen molar-refractivity contribution in [2.24, 2.45) is 0 Å². The van der Waals surface area contributed by atoms with Crippen LogP contribution < -0.4 is 5.32 Å². The zero-order chi connectivity index (χ0) is 46.5. The van der Waals surface area contributed by atoms with Crippen molar-refractivity contribution in [3.05, 3.63) is 12.2 Å². The van der Waals surface area contributed by atoms with Crippen LogP contribution in [0, 0.1) is 0 Å². The van der Waals surface area contributed by atoms with Crippen molar-refractivity contribution < 1.29 is 24.5 Å². The van der Waals surface area contributed by atoms with E-state index in [-0.39, 0.29) is 18.5 Å². The summed E-state index contributed by atoms with van der Waals surface area (Å²) in [6.07, 6.45) is 63.6. The van der Waals surface area contributed by atoms with E-state index in [1.54, 1.807) is 0 Å². The van der Waals surface area contributed by atoms with E-state index in [4.69, 9.17) is 4.74 Å². The van der Waals surface area contributed by atoms with Crippen molar-refractivity contribution in [3.63, 3.8) is 0 Å². The van der Waals surface area contributed by atoms with Gasteiger partial charge in [0.25, 0.3) is 0 Å². The molecule has 64 heavy (non-hydrogen) atoms. The van der Waals surface area contributed by atoms with Crippen molar-refractivity contribution in [3.8, 4) is 0 Å². The largest absolute Gasteiger partial charge is 0.466 e. The highest BCUT2D eigenvalue weighted by molar-refractivity contribution is 5.76.